The molecule has 40 heavy (non-hydrogen) atoms. The molecule has 0 bridgehead atoms. The van der Waals surface area contributed by atoms with Gasteiger partial charge < -0.3 is 9.47 Å². The minimum absolute atomic E-state index is 0.0580. The minimum Gasteiger partial charge on any atom is -0.479 e. The van der Waals surface area contributed by atoms with Crippen molar-refractivity contribution in [2.24, 2.45) is 15.4 Å². The SMILES string of the molecule is C=C(CCCCCCCCCC)C1=NC(C)(C)CO1.CCCCCCCCCCCCC1=NC(C(C)(C)C)CO1. The predicted molar refractivity (Wildman–Crippen MR) is 177 cm³/mol. The van der Waals surface area contributed by atoms with Crippen molar-refractivity contribution in [1.82, 2.24) is 0 Å². The Morgan fingerprint density at radius 2 is 1.23 bits per heavy atom. The molecule has 0 amide bonds. The normalized spacial score (nSPS) is 17.9. The zero-order valence-corrected chi connectivity index (χ0v) is 28.1. The Hall–Kier alpha value is -1.32. The van der Waals surface area contributed by atoms with Crippen molar-refractivity contribution in [2.45, 2.75) is 188 Å². The lowest BCUT2D eigenvalue weighted by molar-refractivity contribution is 0.232. The largest absolute Gasteiger partial charge is 0.479 e. The van der Waals surface area contributed by atoms with Crippen molar-refractivity contribution in [1.29, 1.82) is 0 Å². The van der Waals surface area contributed by atoms with Gasteiger partial charge in [-0.3, -0.25) is 0 Å². The Morgan fingerprint density at radius 3 is 1.65 bits per heavy atom. The Balaban J connectivity index is 0.000000402. The third-order valence-electron chi connectivity index (χ3n) is 8.05. The van der Waals surface area contributed by atoms with Crippen LogP contribution in [0, 0.1) is 5.41 Å². The molecule has 0 saturated carbocycles. The van der Waals surface area contributed by atoms with E-state index < -0.39 is 0 Å². The van der Waals surface area contributed by atoms with Gasteiger partial charge in [-0.05, 0) is 38.5 Å². The molecule has 2 aliphatic rings. The summed E-state index contributed by atoms with van der Waals surface area (Å²) in [5, 5.41) is 0. The van der Waals surface area contributed by atoms with Gasteiger partial charge in [0.1, 0.15) is 13.2 Å². The van der Waals surface area contributed by atoms with Gasteiger partial charge in [-0.15, -0.1) is 0 Å². The average Bonchev–Trinajstić information content (AvgIpc) is 3.53. The molecular weight excluding hydrogens is 492 g/mol. The summed E-state index contributed by atoms with van der Waals surface area (Å²) in [6.45, 7) is 21.1. The minimum atomic E-state index is -0.0580. The van der Waals surface area contributed by atoms with E-state index in [1.54, 1.807) is 0 Å². The van der Waals surface area contributed by atoms with Crippen LogP contribution in [0.15, 0.2) is 22.1 Å². The molecule has 0 aromatic heterocycles. The van der Waals surface area contributed by atoms with E-state index in [0.29, 0.717) is 12.6 Å². The first-order valence-electron chi connectivity index (χ1n) is 17.2. The standard InChI is InChI=1S/C19H37NO.C17H31NO/c1-5-6-7-8-9-10-11-12-13-14-15-18-20-17(16-21-18)19(2,3)4;1-5-6-7-8-9-10-11-12-13-15(2)16-18-17(3,4)14-19-16/h17H,5-16H2,1-4H3;2,5-14H2,1,3-4H3. The molecule has 0 aliphatic carbocycles. The van der Waals surface area contributed by atoms with E-state index in [9.17, 15) is 0 Å². The molecule has 4 heteroatoms. The zero-order chi connectivity index (χ0) is 29.7. The highest BCUT2D eigenvalue weighted by Gasteiger charge is 2.30. The molecule has 2 rings (SSSR count). The number of unbranched alkanes of at least 4 members (excludes halogenated alkanes) is 16. The van der Waals surface area contributed by atoms with E-state index in [4.69, 9.17) is 14.5 Å². The van der Waals surface area contributed by atoms with Gasteiger partial charge in [0.2, 0.25) is 5.90 Å². The Bertz CT molecular complexity index is 717. The fourth-order valence-electron chi connectivity index (χ4n) is 5.11. The predicted octanol–water partition coefficient (Wildman–Crippen LogP) is 11.4. The van der Waals surface area contributed by atoms with Crippen molar-refractivity contribution in [2.75, 3.05) is 13.2 Å². The molecule has 0 spiro atoms. The number of nitrogens with zero attached hydrogens (tertiary/aromatic N) is 2. The summed E-state index contributed by atoms with van der Waals surface area (Å²) >= 11 is 0. The fraction of sp³-hybridized carbons (Fsp3) is 0.889. The van der Waals surface area contributed by atoms with Gasteiger partial charge in [-0.2, -0.15) is 0 Å². The third-order valence-corrected chi connectivity index (χ3v) is 8.05. The Kier molecular flexibility index (Phi) is 19.6. The molecule has 0 saturated heterocycles. The average molecular weight is 561 g/mol. The monoisotopic (exact) mass is 561 g/mol. The molecule has 0 radical (unpaired) electrons. The second-order valence-electron chi connectivity index (χ2n) is 14.0. The molecule has 2 aliphatic heterocycles. The van der Waals surface area contributed by atoms with Crippen LogP contribution in [0.1, 0.15) is 177 Å². The highest BCUT2D eigenvalue weighted by atomic mass is 16.5. The molecule has 4 nitrogen and oxygen atoms in total. The highest BCUT2D eigenvalue weighted by Crippen LogP contribution is 2.27. The first kappa shape index (κ1) is 36.7. The summed E-state index contributed by atoms with van der Waals surface area (Å²) < 4.78 is 11.3. The zero-order valence-electron chi connectivity index (χ0n) is 28.1. The maximum Gasteiger partial charge on any atom is 0.211 e. The van der Waals surface area contributed by atoms with Crippen LogP contribution in [0.3, 0.4) is 0 Å². The number of aliphatic imine (C=N–C) groups is 2. The maximum absolute atomic E-state index is 5.72. The number of hydrogen-bond acceptors (Lipinski definition) is 4. The number of ether oxygens (including phenoxy) is 2. The lowest BCUT2D eigenvalue weighted by atomic mass is 9.88. The summed E-state index contributed by atoms with van der Waals surface area (Å²) in [7, 11) is 0. The molecule has 0 aromatic rings. The second-order valence-corrected chi connectivity index (χ2v) is 14.0. The van der Waals surface area contributed by atoms with Crippen LogP contribution < -0.4 is 0 Å². The number of hydrogen-bond donors (Lipinski definition) is 0. The molecular formula is C36H68N2O2. The summed E-state index contributed by atoms with van der Waals surface area (Å²) in [6, 6.07) is 0.357. The first-order valence-corrected chi connectivity index (χ1v) is 17.2. The van der Waals surface area contributed by atoms with Gasteiger partial charge in [-0.1, -0.05) is 144 Å². The lowest BCUT2D eigenvalue weighted by Crippen LogP contribution is -2.25. The Morgan fingerprint density at radius 1 is 0.750 bits per heavy atom. The molecule has 0 fully saturated rings. The second kappa shape index (κ2) is 21.4. The molecule has 0 aromatic carbocycles. The van der Waals surface area contributed by atoms with Crippen molar-refractivity contribution in [3.8, 4) is 0 Å². The van der Waals surface area contributed by atoms with E-state index in [0.717, 1.165) is 36.8 Å². The van der Waals surface area contributed by atoms with Crippen LogP contribution in [0.2, 0.25) is 0 Å². The van der Waals surface area contributed by atoms with E-state index in [-0.39, 0.29) is 11.0 Å². The molecule has 2 heterocycles. The smallest absolute Gasteiger partial charge is 0.211 e. The third kappa shape index (κ3) is 18.2. The van der Waals surface area contributed by atoms with Gasteiger partial charge >= 0.3 is 0 Å². The van der Waals surface area contributed by atoms with Crippen LogP contribution >= 0.6 is 0 Å². The molecule has 1 atom stereocenters. The van der Waals surface area contributed by atoms with Crippen molar-refractivity contribution in [3.63, 3.8) is 0 Å². The van der Waals surface area contributed by atoms with Gasteiger partial charge in [0, 0.05) is 12.0 Å². The van der Waals surface area contributed by atoms with Gasteiger partial charge in [-0.25, -0.2) is 9.98 Å². The van der Waals surface area contributed by atoms with Gasteiger partial charge in [0.25, 0.3) is 0 Å². The van der Waals surface area contributed by atoms with Gasteiger partial charge in [0.15, 0.2) is 5.90 Å². The highest BCUT2D eigenvalue weighted by molar-refractivity contribution is 5.94. The number of rotatable bonds is 21. The summed E-state index contributed by atoms with van der Waals surface area (Å²) in [4.78, 5) is 9.29. The summed E-state index contributed by atoms with van der Waals surface area (Å²) in [5.41, 5.74) is 1.26. The van der Waals surface area contributed by atoms with Crippen LogP contribution in [-0.4, -0.2) is 36.6 Å². The van der Waals surface area contributed by atoms with E-state index in [1.165, 1.54) is 116 Å². The van der Waals surface area contributed by atoms with Crippen molar-refractivity contribution >= 4 is 11.8 Å². The van der Waals surface area contributed by atoms with Crippen LogP contribution in [0.4, 0.5) is 0 Å². The summed E-state index contributed by atoms with van der Waals surface area (Å²) in [6.07, 6.45) is 26.7. The molecule has 0 N–H and O–H groups in total. The van der Waals surface area contributed by atoms with E-state index in [1.807, 2.05) is 0 Å². The lowest BCUT2D eigenvalue weighted by Gasteiger charge is -2.21. The summed E-state index contributed by atoms with van der Waals surface area (Å²) in [5.74, 6) is 1.81. The topological polar surface area (TPSA) is 43.2 Å². The quantitative estimate of drug-likeness (QED) is 0.131. The van der Waals surface area contributed by atoms with E-state index >= 15 is 0 Å². The van der Waals surface area contributed by atoms with Gasteiger partial charge in [0.05, 0.1) is 11.6 Å². The fourth-order valence-corrected chi connectivity index (χ4v) is 5.11. The molecule has 234 valence electrons. The van der Waals surface area contributed by atoms with Crippen LogP contribution in [0.25, 0.3) is 0 Å². The van der Waals surface area contributed by atoms with Crippen LogP contribution in [-0.2, 0) is 9.47 Å². The van der Waals surface area contributed by atoms with E-state index in [2.05, 4.69) is 60.0 Å². The van der Waals surface area contributed by atoms with Crippen LogP contribution in [0.5, 0.6) is 0 Å². The first-order chi connectivity index (χ1) is 19.1. The maximum atomic E-state index is 5.72. The van der Waals surface area contributed by atoms with Crippen molar-refractivity contribution < 1.29 is 9.47 Å². The molecule has 1 unspecified atom stereocenters. The van der Waals surface area contributed by atoms with Crippen molar-refractivity contribution in [3.05, 3.63) is 12.2 Å². The Labute approximate surface area is 250 Å².